The number of carbonyl (C=O) groups is 1. The third-order valence-electron chi connectivity index (χ3n) is 2.49. The Bertz CT molecular complexity index is 171. The lowest BCUT2D eigenvalue weighted by molar-refractivity contribution is -0.142. The Morgan fingerprint density at radius 1 is 1.33 bits per heavy atom. The van der Waals surface area contributed by atoms with Gasteiger partial charge in [-0.15, -0.1) is 0 Å². The van der Waals surface area contributed by atoms with E-state index in [0.717, 1.165) is 12.8 Å². The lowest BCUT2D eigenvalue weighted by Gasteiger charge is -2.25. The van der Waals surface area contributed by atoms with Crippen molar-refractivity contribution in [3.63, 3.8) is 0 Å². The number of hydrogen-bond acceptors (Lipinski definition) is 3. The summed E-state index contributed by atoms with van der Waals surface area (Å²) in [6, 6.07) is 0. The summed E-state index contributed by atoms with van der Waals surface area (Å²) in [5, 5.41) is 26.4. The van der Waals surface area contributed by atoms with Crippen LogP contribution in [0.25, 0.3) is 0 Å². The third kappa shape index (κ3) is 2.22. The second-order valence-corrected chi connectivity index (χ2v) is 3.38. The van der Waals surface area contributed by atoms with Crippen molar-refractivity contribution in [2.24, 2.45) is 5.92 Å². The van der Waals surface area contributed by atoms with Crippen molar-refractivity contribution >= 4 is 13.1 Å². The monoisotopic (exact) mass is 172 g/mol. The van der Waals surface area contributed by atoms with Crippen molar-refractivity contribution in [1.29, 1.82) is 0 Å². The smallest absolute Gasteiger partial charge is 0.454 e. The molecule has 0 radical (unpaired) electrons. The molecule has 0 aliphatic heterocycles. The van der Waals surface area contributed by atoms with E-state index in [1.165, 1.54) is 0 Å². The van der Waals surface area contributed by atoms with E-state index in [-0.39, 0.29) is 11.7 Å². The van der Waals surface area contributed by atoms with Gasteiger partial charge in [0.05, 0.1) is 5.92 Å². The van der Waals surface area contributed by atoms with Crippen molar-refractivity contribution in [2.75, 3.05) is 0 Å². The Balaban J connectivity index is 2.46. The highest BCUT2D eigenvalue weighted by molar-refractivity contribution is 6.43. The van der Waals surface area contributed by atoms with Crippen molar-refractivity contribution < 1.29 is 19.9 Å². The summed E-state index contributed by atoms with van der Waals surface area (Å²) in [5.74, 6) is -1.45. The maximum absolute atomic E-state index is 10.6. The normalized spacial score (nSPS) is 29.8. The number of carboxylic acid groups (broad SMARTS) is 1. The van der Waals surface area contributed by atoms with Gasteiger partial charge in [0.2, 0.25) is 0 Å². The highest BCUT2D eigenvalue weighted by atomic mass is 16.4. The summed E-state index contributed by atoms with van der Waals surface area (Å²) in [4.78, 5) is 10.6. The van der Waals surface area contributed by atoms with Crippen molar-refractivity contribution in [3.8, 4) is 0 Å². The predicted octanol–water partition coefficient (Wildman–Crippen LogP) is 0.104. The van der Waals surface area contributed by atoms with Crippen LogP contribution in [0.1, 0.15) is 25.7 Å². The highest BCUT2D eigenvalue weighted by Crippen LogP contribution is 2.33. The molecule has 2 unspecified atom stereocenters. The molecule has 3 N–H and O–H groups in total. The number of aliphatic carboxylic acids is 1. The molecule has 68 valence electrons. The Morgan fingerprint density at radius 2 is 2.00 bits per heavy atom. The van der Waals surface area contributed by atoms with Crippen LogP contribution >= 0.6 is 0 Å². The highest BCUT2D eigenvalue weighted by Gasteiger charge is 2.32. The second-order valence-electron chi connectivity index (χ2n) is 3.38. The van der Waals surface area contributed by atoms with E-state index in [1.54, 1.807) is 0 Å². The molecule has 0 heterocycles. The Kier molecular flexibility index (Phi) is 3.11. The largest absolute Gasteiger partial charge is 0.481 e. The van der Waals surface area contributed by atoms with Gasteiger partial charge in [-0.2, -0.15) is 0 Å². The summed E-state index contributed by atoms with van der Waals surface area (Å²) >= 11 is 0. The lowest BCUT2D eigenvalue weighted by atomic mass is 9.63. The molecule has 0 bridgehead atoms. The molecule has 5 heteroatoms. The molecular weight excluding hydrogens is 159 g/mol. The van der Waals surface area contributed by atoms with E-state index in [4.69, 9.17) is 15.2 Å². The first-order valence-electron chi connectivity index (χ1n) is 4.20. The lowest BCUT2D eigenvalue weighted by Crippen LogP contribution is -2.29. The molecule has 0 spiro atoms. The standard InChI is InChI=1S/C7H13BO4/c9-7(10)5-2-1-3-6(4-5)8(11)12/h5-6,11-12H,1-4H2,(H,9,10). The van der Waals surface area contributed by atoms with Crippen LogP contribution in [-0.4, -0.2) is 28.2 Å². The number of hydrogen-bond donors (Lipinski definition) is 3. The van der Waals surface area contributed by atoms with E-state index in [9.17, 15) is 4.79 Å². The molecule has 0 aromatic carbocycles. The Morgan fingerprint density at radius 3 is 2.50 bits per heavy atom. The molecule has 1 saturated carbocycles. The summed E-state index contributed by atoms with van der Waals surface area (Å²) in [6.07, 6.45) is 2.56. The van der Waals surface area contributed by atoms with Crippen LogP contribution < -0.4 is 0 Å². The van der Waals surface area contributed by atoms with E-state index in [2.05, 4.69) is 0 Å². The second kappa shape index (κ2) is 3.91. The van der Waals surface area contributed by atoms with Gasteiger partial charge in [0, 0.05) is 0 Å². The van der Waals surface area contributed by atoms with Gasteiger partial charge in [0.25, 0.3) is 0 Å². The number of rotatable bonds is 2. The molecule has 2 atom stereocenters. The number of carboxylic acids is 1. The molecule has 0 aromatic heterocycles. The average molecular weight is 172 g/mol. The minimum absolute atomic E-state index is 0.250. The fourth-order valence-electron chi connectivity index (χ4n) is 1.72. The van der Waals surface area contributed by atoms with Crippen LogP contribution in [0, 0.1) is 5.92 Å². The van der Waals surface area contributed by atoms with Gasteiger partial charge >= 0.3 is 13.1 Å². The molecule has 1 fully saturated rings. The van der Waals surface area contributed by atoms with Gasteiger partial charge in [-0.3, -0.25) is 4.79 Å². The topological polar surface area (TPSA) is 77.8 Å². The van der Waals surface area contributed by atoms with Crippen molar-refractivity contribution in [3.05, 3.63) is 0 Å². The third-order valence-corrected chi connectivity index (χ3v) is 2.49. The molecule has 1 rings (SSSR count). The predicted molar refractivity (Wildman–Crippen MR) is 43.5 cm³/mol. The minimum atomic E-state index is -1.35. The summed E-state index contributed by atoms with van der Waals surface area (Å²) in [7, 11) is -1.35. The van der Waals surface area contributed by atoms with Gasteiger partial charge < -0.3 is 15.2 Å². The van der Waals surface area contributed by atoms with Gasteiger partial charge in [0.15, 0.2) is 0 Å². The zero-order valence-electron chi connectivity index (χ0n) is 6.81. The van der Waals surface area contributed by atoms with E-state index in [1.807, 2.05) is 0 Å². The molecule has 0 aromatic rings. The first-order valence-corrected chi connectivity index (χ1v) is 4.20. The molecule has 0 saturated heterocycles. The van der Waals surface area contributed by atoms with E-state index >= 15 is 0 Å². The average Bonchev–Trinajstić information content (AvgIpc) is 2.04. The van der Waals surface area contributed by atoms with Crippen LogP contribution in [0.4, 0.5) is 0 Å². The van der Waals surface area contributed by atoms with E-state index < -0.39 is 13.1 Å². The van der Waals surface area contributed by atoms with Crippen LogP contribution in [0.15, 0.2) is 0 Å². The molecule has 0 amide bonds. The SMILES string of the molecule is O=C(O)C1CCCC(B(O)O)C1. The van der Waals surface area contributed by atoms with Crippen molar-refractivity contribution in [1.82, 2.24) is 0 Å². The van der Waals surface area contributed by atoms with Crippen LogP contribution in [0.3, 0.4) is 0 Å². The van der Waals surface area contributed by atoms with Crippen LogP contribution in [-0.2, 0) is 4.79 Å². The maximum Gasteiger partial charge on any atom is 0.454 e. The first kappa shape index (κ1) is 9.54. The van der Waals surface area contributed by atoms with E-state index in [0.29, 0.717) is 12.8 Å². The Hall–Kier alpha value is -0.545. The molecule has 4 nitrogen and oxygen atoms in total. The van der Waals surface area contributed by atoms with Gasteiger partial charge in [0.1, 0.15) is 0 Å². The fourth-order valence-corrected chi connectivity index (χ4v) is 1.72. The molecule has 1 aliphatic rings. The maximum atomic E-state index is 10.6. The van der Waals surface area contributed by atoms with Crippen molar-refractivity contribution in [2.45, 2.75) is 31.5 Å². The zero-order chi connectivity index (χ0) is 9.14. The molecular formula is C7H13BO4. The van der Waals surface area contributed by atoms with Crippen LogP contribution in [0.5, 0.6) is 0 Å². The zero-order valence-corrected chi connectivity index (χ0v) is 6.81. The first-order chi connectivity index (χ1) is 5.61. The van der Waals surface area contributed by atoms with Gasteiger partial charge in [-0.05, 0) is 18.7 Å². The fraction of sp³-hybridized carbons (Fsp3) is 0.857. The molecule has 1 aliphatic carbocycles. The molecule has 12 heavy (non-hydrogen) atoms. The summed E-state index contributed by atoms with van der Waals surface area (Å²) in [5.41, 5.74) is 0. The quantitative estimate of drug-likeness (QED) is 0.516. The summed E-state index contributed by atoms with van der Waals surface area (Å²) in [6.45, 7) is 0. The van der Waals surface area contributed by atoms with Gasteiger partial charge in [-0.1, -0.05) is 12.8 Å². The Labute approximate surface area is 71.4 Å². The minimum Gasteiger partial charge on any atom is -0.481 e. The van der Waals surface area contributed by atoms with Gasteiger partial charge in [-0.25, -0.2) is 0 Å². The van der Waals surface area contributed by atoms with Crippen LogP contribution in [0.2, 0.25) is 5.82 Å². The summed E-state index contributed by atoms with van der Waals surface area (Å²) < 4.78 is 0.